The lowest BCUT2D eigenvalue weighted by Gasteiger charge is -2.13. The first kappa shape index (κ1) is 19.4. The average Bonchev–Trinajstić information content (AvgIpc) is 3.06. The van der Waals surface area contributed by atoms with Crippen LogP contribution in [0.25, 0.3) is 12.2 Å². The number of benzene rings is 2. The second kappa shape index (κ2) is 8.58. The molecule has 28 heavy (non-hydrogen) atoms. The van der Waals surface area contributed by atoms with Crippen LogP contribution in [0.4, 0.5) is 5.69 Å². The molecule has 0 saturated carbocycles. The zero-order valence-corrected chi connectivity index (χ0v) is 16.0. The third-order valence-electron chi connectivity index (χ3n) is 3.94. The van der Waals surface area contributed by atoms with Gasteiger partial charge in [0, 0.05) is 0 Å². The summed E-state index contributed by atoms with van der Waals surface area (Å²) in [7, 11) is 1.51. The third-order valence-corrected chi connectivity index (χ3v) is 4.23. The molecule has 0 atom stereocenters. The number of hydrogen-bond acceptors (Lipinski definition) is 6. The number of methoxy groups -OCH3 is 1. The fourth-order valence-corrected chi connectivity index (χ4v) is 2.87. The molecule has 0 unspecified atom stereocenters. The van der Waals surface area contributed by atoms with Crippen molar-refractivity contribution in [1.29, 1.82) is 0 Å². The summed E-state index contributed by atoms with van der Waals surface area (Å²) >= 11 is 6.36. The molecular formula is C20H17ClN2O5. The van der Waals surface area contributed by atoms with E-state index in [0.29, 0.717) is 28.7 Å². The van der Waals surface area contributed by atoms with Gasteiger partial charge in [0.15, 0.2) is 17.2 Å². The zero-order chi connectivity index (χ0) is 20.1. The van der Waals surface area contributed by atoms with E-state index in [-0.39, 0.29) is 17.1 Å². The molecule has 1 aromatic heterocycles. The van der Waals surface area contributed by atoms with Gasteiger partial charge in [0.05, 0.1) is 17.1 Å². The number of nitrogens with zero attached hydrogens (tertiary/aromatic N) is 2. The van der Waals surface area contributed by atoms with Gasteiger partial charge in [-0.1, -0.05) is 53.2 Å². The van der Waals surface area contributed by atoms with Gasteiger partial charge in [-0.05, 0) is 36.3 Å². The van der Waals surface area contributed by atoms with E-state index in [1.165, 1.54) is 20.1 Å². The first-order chi connectivity index (χ1) is 13.5. The van der Waals surface area contributed by atoms with Gasteiger partial charge in [-0.25, -0.2) is 0 Å². The predicted octanol–water partition coefficient (Wildman–Crippen LogP) is 5.30. The number of nitro groups is 1. The number of hydrogen-bond donors (Lipinski definition) is 0. The minimum atomic E-state index is -0.528. The Balaban J connectivity index is 1.84. The first-order valence-electron chi connectivity index (χ1n) is 8.32. The SMILES string of the molecule is COc1cc(/C=C/c2onc(C)c2[N+](=O)[O-])cc(Cl)c1OCc1ccccc1. The lowest BCUT2D eigenvalue weighted by Crippen LogP contribution is -1.98. The van der Waals surface area contributed by atoms with Crippen LogP contribution in [0.5, 0.6) is 11.5 Å². The monoisotopic (exact) mass is 400 g/mol. The average molecular weight is 401 g/mol. The largest absolute Gasteiger partial charge is 0.493 e. The topological polar surface area (TPSA) is 87.6 Å². The van der Waals surface area contributed by atoms with Crippen LogP contribution in [0.1, 0.15) is 22.6 Å². The van der Waals surface area contributed by atoms with E-state index in [0.717, 1.165) is 5.56 Å². The maximum Gasteiger partial charge on any atom is 0.338 e. The van der Waals surface area contributed by atoms with Gasteiger partial charge in [0.2, 0.25) is 5.76 Å². The van der Waals surface area contributed by atoms with E-state index in [4.69, 9.17) is 25.6 Å². The Morgan fingerprint density at radius 1 is 1.25 bits per heavy atom. The normalized spacial score (nSPS) is 11.0. The van der Waals surface area contributed by atoms with Crippen molar-refractivity contribution in [3.63, 3.8) is 0 Å². The third kappa shape index (κ3) is 4.32. The van der Waals surface area contributed by atoms with Gasteiger partial charge < -0.3 is 14.0 Å². The molecule has 0 fully saturated rings. The van der Waals surface area contributed by atoms with E-state index in [1.54, 1.807) is 18.2 Å². The number of rotatable bonds is 7. The van der Waals surface area contributed by atoms with Gasteiger partial charge in [-0.15, -0.1) is 0 Å². The molecule has 1 heterocycles. The highest BCUT2D eigenvalue weighted by molar-refractivity contribution is 6.32. The van der Waals surface area contributed by atoms with Crippen molar-refractivity contribution in [3.05, 3.63) is 80.2 Å². The molecule has 0 N–H and O–H groups in total. The number of ether oxygens (including phenoxy) is 2. The predicted molar refractivity (Wildman–Crippen MR) is 106 cm³/mol. The summed E-state index contributed by atoms with van der Waals surface area (Å²) in [6, 6.07) is 13.1. The molecule has 144 valence electrons. The zero-order valence-electron chi connectivity index (χ0n) is 15.2. The minimum absolute atomic E-state index is 0.0574. The van der Waals surface area contributed by atoms with Crippen LogP contribution in [0.3, 0.4) is 0 Å². The molecule has 3 rings (SSSR count). The Labute approximate surface area is 166 Å². The molecule has 0 aliphatic heterocycles. The van der Waals surface area contributed by atoms with Crippen LogP contribution in [0.2, 0.25) is 5.02 Å². The van der Waals surface area contributed by atoms with Crippen LogP contribution < -0.4 is 9.47 Å². The van der Waals surface area contributed by atoms with E-state index in [9.17, 15) is 10.1 Å². The highest BCUT2D eigenvalue weighted by atomic mass is 35.5. The number of halogens is 1. The summed E-state index contributed by atoms with van der Waals surface area (Å²) in [6.07, 6.45) is 3.09. The van der Waals surface area contributed by atoms with Crippen LogP contribution in [-0.4, -0.2) is 17.2 Å². The molecule has 0 saturated heterocycles. The highest BCUT2D eigenvalue weighted by Crippen LogP contribution is 2.37. The highest BCUT2D eigenvalue weighted by Gasteiger charge is 2.22. The molecular weight excluding hydrogens is 384 g/mol. The Kier molecular flexibility index (Phi) is 5.96. The van der Waals surface area contributed by atoms with Gasteiger partial charge >= 0.3 is 5.69 Å². The molecule has 3 aromatic rings. The maximum absolute atomic E-state index is 11.1. The fourth-order valence-electron chi connectivity index (χ4n) is 2.59. The van der Waals surface area contributed by atoms with Crippen LogP contribution in [0.15, 0.2) is 47.0 Å². The van der Waals surface area contributed by atoms with E-state index < -0.39 is 4.92 Å². The fraction of sp³-hybridized carbons (Fsp3) is 0.150. The smallest absolute Gasteiger partial charge is 0.338 e. The number of aryl methyl sites for hydroxylation is 1. The first-order valence-corrected chi connectivity index (χ1v) is 8.70. The van der Waals surface area contributed by atoms with Gasteiger partial charge in [-0.3, -0.25) is 10.1 Å². The summed E-state index contributed by atoms with van der Waals surface area (Å²) in [6.45, 7) is 1.85. The summed E-state index contributed by atoms with van der Waals surface area (Å²) in [4.78, 5) is 10.6. The summed E-state index contributed by atoms with van der Waals surface area (Å²) in [5.74, 6) is 0.931. The Hall–Kier alpha value is -3.32. The number of aromatic nitrogens is 1. The molecule has 2 aromatic carbocycles. The summed E-state index contributed by atoms with van der Waals surface area (Å²) in [5, 5.41) is 15.1. The molecule has 7 nitrogen and oxygen atoms in total. The van der Waals surface area contributed by atoms with Crippen molar-refractivity contribution in [2.24, 2.45) is 0 Å². The minimum Gasteiger partial charge on any atom is -0.493 e. The van der Waals surface area contributed by atoms with Crippen molar-refractivity contribution >= 4 is 29.4 Å². The Morgan fingerprint density at radius 3 is 2.68 bits per heavy atom. The lowest BCUT2D eigenvalue weighted by atomic mass is 10.1. The molecule has 0 amide bonds. The summed E-state index contributed by atoms with van der Waals surface area (Å²) < 4.78 is 16.2. The molecule has 0 aliphatic carbocycles. The van der Waals surface area contributed by atoms with Gasteiger partial charge in [0.1, 0.15) is 6.61 Å². The van der Waals surface area contributed by atoms with Gasteiger partial charge in [-0.2, -0.15) is 0 Å². The van der Waals surface area contributed by atoms with E-state index >= 15 is 0 Å². The van der Waals surface area contributed by atoms with Crippen LogP contribution >= 0.6 is 11.6 Å². The van der Waals surface area contributed by atoms with Crippen molar-refractivity contribution < 1.29 is 18.9 Å². The Morgan fingerprint density at radius 2 is 2.00 bits per heavy atom. The summed E-state index contributed by atoms with van der Waals surface area (Å²) in [5.41, 5.74) is 1.71. The molecule has 0 radical (unpaired) electrons. The molecule has 8 heteroatoms. The maximum atomic E-state index is 11.1. The van der Waals surface area contributed by atoms with Crippen LogP contribution in [-0.2, 0) is 6.61 Å². The second-order valence-corrected chi connectivity index (χ2v) is 6.29. The molecule has 0 aliphatic rings. The quantitative estimate of drug-likeness (QED) is 0.395. The second-order valence-electron chi connectivity index (χ2n) is 5.88. The van der Waals surface area contributed by atoms with Crippen molar-refractivity contribution in [3.8, 4) is 11.5 Å². The van der Waals surface area contributed by atoms with Crippen molar-refractivity contribution in [2.75, 3.05) is 7.11 Å². The van der Waals surface area contributed by atoms with E-state index in [1.807, 2.05) is 30.3 Å². The van der Waals surface area contributed by atoms with Crippen LogP contribution in [0, 0.1) is 17.0 Å². The standard InChI is InChI=1S/C20H17ClN2O5/c1-13-19(23(24)25)17(28-22-13)9-8-15-10-16(21)20(18(11-15)26-2)27-12-14-6-4-3-5-7-14/h3-11H,12H2,1-2H3/b9-8+. The van der Waals surface area contributed by atoms with E-state index in [2.05, 4.69) is 5.16 Å². The van der Waals surface area contributed by atoms with Gasteiger partial charge in [0.25, 0.3) is 0 Å². The lowest BCUT2D eigenvalue weighted by molar-refractivity contribution is -0.386. The van der Waals surface area contributed by atoms with Crippen molar-refractivity contribution in [1.82, 2.24) is 5.16 Å². The molecule has 0 spiro atoms. The Bertz CT molecular complexity index is 1010. The van der Waals surface area contributed by atoms with Crippen molar-refractivity contribution in [2.45, 2.75) is 13.5 Å². The molecule has 0 bridgehead atoms.